The molecule has 142 valence electrons. The molecule has 0 saturated heterocycles. The third kappa shape index (κ3) is 5.72. The van der Waals surface area contributed by atoms with Crippen molar-refractivity contribution < 1.29 is 14.3 Å². The molecule has 4 nitrogen and oxygen atoms in total. The molecule has 1 amide bonds. The second-order valence-corrected chi connectivity index (χ2v) is 7.23. The molecule has 28 heavy (non-hydrogen) atoms. The van der Waals surface area contributed by atoms with Crippen LogP contribution in [0.15, 0.2) is 83.8 Å². The highest BCUT2D eigenvalue weighted by Crippen LogP contribution is 2.23. The maximum atomic E-state index is 12.4. The van der Waals surface area contributed by atoms with Crippen LogP contribution in [0.4, 0.5) is 5.69 Å². The molecule has 0 aliphatic heterocycles. The van der Waals surface area contributed by atoms with Crippen LogP contribution in [0.1, 0.15) is 15.9 Å². The Labute approximate surface area is 168 Å². The number of anilines is 1. The van der Waals surface area contributed by atoms with Crippen molar-refractivity contribution in [2.24, 2.45) is 0 Å². The number of carbonyl (C=O) groups excluding carboxylic acids is 2. The fourth-order valence-corrected chi connectivity index (χ4v) is 3.53. The minimum atomic E-state index is -0.0687. The maximum absolute atomic E-state index is 12.4. The summed E-state index contributed by atoms with van der Waals surface area (Å²) >= 11 is 1.44. The average Bonchev–Trinajstić information content (AvgIpc) is 2.73. The van der Waals surface area contributed by atoms with Crippen molar-refractivity contribution in [3.8, 4) is 5.75 Å². The topological polar surface area (TPSA) is 55.4 Å². The van der Waals surface area contributed by atoms with Crippen molar-refractivity contribution >= 4 is 29.1 Å². The minimum absolute atomic E-state index is 0.0300. The van der Waals surface area contributed by atoms with E-state index in [1.54, 1.807) is 25.3 Å². The van der Waals surface area contributed by atoms with Gasteiger partial charge in [-0.25, -0.2) is 0 Å². The quantitative estimate of drug-likeness (QED) is 0.440. The highest BCUT2D eigenvalue weighted by molar-refractivity contribution is 8.00. The monoisotopic (exact) mass is 391 g/mol. The summed E-state index contributed by atoms with van der Waals surface area (Å²) < 4.78 is 5.16. The molecule has 1 N–H and O–H groups in total. The Bertz CT molecular complexity index is 957. The fourth-order valence-electron chi connectivity index (χ4n) is 2.68. The number of ketones is 1. The first-order valence-corrected chi connectivity index (χ1v) is 9.86. The molecule has 3 aromatic rings. The molecule has 0 aliphatic carbocycles. The smallest absolute Gasteiger partial charge is 0.228 e. The molecule has 0 aromatic heterocycles. The van der Waals surface area contributed by atoms with Crippen LogP contribution < -0.4 is 10.1 Å². The number of thioether (sulfide) groups is 1. The number of amides is 1. The Morgan fingerprint density at radius 2 is 1.71 bits per heavy atom. The van der Waals surface area contributed by atoms with Crippen molar-refractivity contribution in [3.63, 3.8) is 0 Å². The molecule has 0 saturated carbocycles. The SMILES string of the molecule is COc1cccc(C(=O)CSc2cccc(NC(=O)Cc3ccccc3)c2)c1. The molecule has 0 radical (unpaired) electrons. The van der Waals surface area contributed by atoms with E-state index in [0.29, 0.717) is 23.5 Å². The molecule has 3 aromatic carbocycles. The van der Waals surface area contributed by atoms with Crippen LogP contribution in [0.2, 0.25) is 0 Å². The van der Waals surface area contributed by atoms with E-state index in [9.17, 15) is 9.59 Å². The Hall–Kier alpha value is -3.05. The van der Waals surface area contributed by atoms with Gasteiger partial charge in [-0.3, -0.25) is 9.59 Å². The molecule has 0 atom stereocenters. The number of methoxy groups -OCH3 is 1. The largest absolute Gasteiger partial charge is 0.497 e. The van der Waals surface area contributed by atoms with Crippen LogP contribution >= 0.6 is 11.8 Å². The summed E-state index contributed by atoms with van der Waals surface area (Å²) in [7, 11) is 1.58. The van der Waals surface area contributed by atoms with Crippen molar-refractivity contribution in [3.05, 3.63) is 90.0 Å². The van der Waals surface area contributed by atoms with Crippen molar-refractivity contribution in [2.75, 3.05) is 18.2 Å². The van der Waals surface area contributed by atoms with Gasteiger partial charge in [0.15, 0.2) is 5.78 Å². The Morgan fingerprint density at radius 1 is 0.929 bits per heavy atom. The van der Waals surface area contributed by atoms with E-state index in [-0.39, 0.29) is 11.7 Å². The summed E-state index contributed by atoms with van der Waals surface area (Å²) in [5.74, 6) is 0.941. The van der Waals surface area contributed by atoms with Crippen LogP contribution in [0.25, 0.3) is 0 Å². The predicted molar refractivity (Wildman–Crippen MR) is 113 cm³/mol. The third-order valence-corrected chi connectivity index (χ3v) is 5.08. The number of nitrogens with one attached hydrogen (secondary N) is 1. The molecule has 0 heterocycles. The number of ether oxygens (including phenoxy) is 1. The van der Waals surface area contributed by atoms with Gasteiger partial charge in [-0.2, -0.15) is 0 Å². The molecule has 0 fully saturated rings. The Balaban J connectivity index is 1.57. The molecule has 0 bridgehead atoms. The van der Waals surface area contributed by atoms with E-state index < -0.39 is 0 Å². The lowest BCUT2D eigenvalue weighted by molar-refractivity contribution is -0.115. The number of rotatable bonds is 8. The van der Waals surface area contributed by atoms with Gasteiger partial charge in [0, 0.05) is 16.1 Å². The second kappa shape index (κ2) is 9.76. The first-order valence-electron chi connectivity index (χ1n) is 8.88. The molecular formula is C23H21NO3S. The zero-order valence-electron chi connectivity index (χ0n) is 15.6. The normalized spacial score (nSPS) is 10.3. The van der Waals surface area contributed by atoms with Gasteiger partial charge in [-0.1, -0.05) is 48.5 Å². The van der Waals surface area contributed by atoms with Gasteiger partial charge in [-0.15, -0.1) is 11.8 Å². The molecule has 0 unspecified atom stereocenters. The van der Waals surface area contributed by atoms with E-state index in [1.165, 1.54) is 11.8 Å². The van der Waals surface area contributed by atoms with Gasteiger partial charge < -0.3 is 10.1 Å². The Morgan fingerprint density at radius 3 is 2.50 bits per heavy atom. The lowest BCUT2D eigenvalue weighted by Crippen LogP contribution is -2.14. The summed E-state index contributed by atoms with van der Waals surface area (Å²) in [4.78, 5) is 25.6. The Kier molecular flexibility index (Phi) is 6.87. The van der Waals surface area contributed by atoms with Gasteiger partial charge in [0.1, 0.15) is 5.75 Å². The van der Waals surface area contributed by atoms with Gasteiger partial charge in [0.25, 0.3) is 0 Å². The number of benzene rings is 3. The van der Waals surface area contributed by atoms with Crippen LogP contribution in [0.3, 0.4) is 0 Å². The highest BCUT2D eigenvalue weighted by atomic mass is 32.2. The van der Waals surface area contributed by atoms with Crippen molar-refractivity contribution in [2.45, 2.75) is 11.3 Å². The van der Waals surface area contributed by atoms with Gasteiger partial charge in [0.05, 0.1) is 19.3 Å². The van der Waals surface area contributed by atoms with Gasteiger partial charge in [0.2, 0.25) is 5.91 Å². The van der Waals surface area contributed by atoms with Crippen LogP contribution in [-0.2, 0) is 11.2 Å². The third-order valence-electron chi connectivity index (χ3n) is 4.09. The van der Waals surface area contributed by atoms with E-state index >= 15 is 0 Å². The van der Waals surface area contributed by atoms with Gasteiger partial charge >= 0.3 is 0 Å². The second-order valence-electron chi connectivity index (χ2n) is 6.18. The molecule has 3 rings (SSSR count). The van der Waals surface area contributed by atoms with E-state index in [0.717, 1.165) is 16.1 Å². The molecule has 0 aliphatic rings. The first-order chi connectivity index (χ1) is 13.6. The molecular weight excluding hydrogens is 370 g/mol. The predicted octanol–water partition coefficient (Wildman–Crippen LogP) is 4.85. The number of carbonyl (C=O) groups is 2. The summed E-state index contributed by atoms with van der Waals surface area (Å²) in [5, 5.41) is 2.91. The molecule has 5 heteroatoms. The van der Waals surface area contributed by atoms with Crippen LogP contribution in [-0.4, -0.2) is 24.6 Å². The number of Topliss-reactive ketones (excluding diaryl/α,β-unsaturated/α-hetero) is 1. The standard InChI is InChI=1S/C23H21NO3S/c1-27-20-11-5-9-18(14-20)22(25)16-28-21-12-6-10-19(15-21)24-23(26)13-17-7-3-2-4-8-17/h2-12,14-15H,13,16H2,1H3,(H,24,26). The lowest BCUT2D eigenvalue weighted by Gasteiger charge is -2.08. The average molecular weight is 391 g/mol. The number of hydrogen-bond donors (Lipinski definition) is 1. The summed E-state index contributed by atoms with van der Waals surface area (Å²) in [6.07, 6.45) is 0.326. The summed E-state index contributed by atoms with van der Waals surface area (Å²) in [5.41, 5.74) is 2.31. The first kappa shape index (κ1) is 19.7. The van der Waals surface area contributed by atoms with Crippen molar-refractivity contribution in [1.29, 1.82) is 0 Å². The van der Waals surface area contributed by atoms with Crippen LogP contribution in [0, 0.1) is 0 Å². The lowest BCUT2D eigenvalue weighted by atomic mass is 10.1. The van der Waals surface area contributed by atoms with E-state index in [4.69, 9.17) is 4.74 Å². The molecule has 0 spiro atoms. The van der Waals surface area contributed by atoms with E-state index in [2.05, 4.69) is 5.32 Å². The van der Waals surface area contributed by atoms with Crippen LogP contribution in [0.5, 0.6) is 5.75 Å². The summed E-state index contributed by atoms with van der Waals surface area (Å²) in [6, 6.07) is 24.3. The van der Waals surface area contributed by atoms with Gasteiger partial charge in [-0.05, 0) is 35.9 Å². The maximum Gasteiger partial charge on any atom is 0.228 e. The number of hydrogen-bond acceptors (Lipinski definition) is 4. The zero-order valence-corrected chi connectivity index (χ0v) is 16.4. The minimum Gasteiger partial charge on any atom is -0.497 e. The highest BCUT2D eigenvalue weighted by Gasteiger charge is 2.09. The fraction of sp³-hybridized carbons (Fsp3) is 0.130. The van der Waals surface area contributed by atoms with E-state index in [1.807, 2.05) is 60.7 Å². The summed E-state index contributed by atoms with van der Waals surface area (Å²) in [6.45, 7) is 0. The zero-order chi connectivity index (χ0) is 19.8. The van der Waals surface area contributed by atoms with Crippen molar-refractivity contribution in [1.82, 2.24) is 0 Å².